The SMILES string of the molecule is CCCNC(=O)N1CCn2cccc2C1c1ccccc1. The van der Waals surface area contributed by atoms with Crippen molar-refractivity contribution in [2.45, 2.75) is 25.9 Å². The molecule has 0 fully saturated rings. The molecule has 1 unspecified atom stereocenters. The van der Waals surface area contributed by atoms with Crippen molar-refractivity contribution in [3.63, 3.8) is 0 Å². The average molecular weight is 283 g/mol. The number of aromatic nitrogens is 1. The van der Waals surface area contributed by atoms with Crippen molar-refractivity contribution >= 4 is 6.03 Å². The molecule has 21 heavy (non-hydrogen) atoms. The topological polar surface area (TPSA) is 37.3 Å². The molecule has 0 bridgehead atoms. The van der Waals surface area contributed by atoms with Gasteiger partial charge in [0.2, 0.25) is 0 Å². The number of carbonyl (C=O) groups excluding carboxylic acids is 1. The largest absolute Gasteiger partial charge is 0.348 e. The van der Waals surface area contributed by atoms with Crippen LogP contribution in [0.2, 0.25) is 0 Å². The molecule has 0 saturated carbocycles. The van der Waals surface area contributed by atoms with E-state index >= 15 is 0 Å². The lowest BCUT2D eigenvalue weighted by Crippen LogP contribution is -2.47. The molecule has 1 aliphatic rings. The number of amides is 2. The maximum atomic E-state index is 12.5. The van der Waals surface area contributed by atoms with Gasteiger partial charge in [-0.3, -0.25) is 0 Å². The van der Waals surface area contributed by atoms with Gasteiger partial charge in [0, 0.05) is 31.5 Å². The Kier molecular flexibility index (Phi) is 3.95. The Morgan fingerprint density at radius 2 is 2.00 bits per heavy atom. The van der Waals surface area contributed by atoms with E-state index in [2.05, 4.69) is 47.3 Å². The van der Waals surface area contributed by atoms with E-state index in [0.29, 0.717) is 0 Å². The van der Waals surface area contributed by atoms with Crippen molar-refractivity contribution < 1.29 is 4.79 Å². The highest BCUT2D eigenvalue weighted by Crippen LogP contribution is 2.32. The molecule has 4 nitrogen and oxygen atoms in total. The molecule has 110 valence electrons. The molecule has 0 saturated heterocycles. The molecule has 2 heterocycles. The molecule has 1 aromatic carbocycles. The summed E-state index contributed by atoms with van der Waals surface area (Å²) in [5.41, 5.74) is 2.34. The number of rotatable bonds is 3. The lowest BCUT2D eigenvalue weighted by atomic mass is 10.0. The van der Waals surface area contributed by atoms with Crippen LogP contribution in [0.5, 0.6) is 0 Å². The van der Waals surface area contributed by atoms with Gasteiger partial charge >= 0.3 is 6.03 Å². The minimum Gasteiger partial charge on any atom is -0.348 e. The van der Waals surface area contributed by atoms with Crippen LogP contribution in [0.1, 0.15) is 30.6 Å². The van der Waals surface area contributed by atoms with Crippen LogP contribution in [-0.4, -0.2) is 28.6 Å². The van der Waals surface area contributed by atoms with Crippen molar-refractivity contribution in [2.24, 2.45) is 0 Å². The Bertz CT molecular complexity index is 606. The van der Waals surface area contributed by atoms with Crippen LogP contribution in [0.25, 0.3) is 0 Å². The summed E-state index contributed by atoms with van der Waals surface area (Å²) in [6.45, 7) is 4.37. The summed E-state index contributed by atoms with van der Waals surface area (Å²) in [5.74, 6) is 0. The highest BCUT2D eigenvalue weighted by Gasteiger charge is 2.31. The quantitative estimate of drug-likeness (QED) is 0.923. The van der Waals surface area contributed by atoms with E-state index in [9.17, 15) is 4.79 Å². The van der Waals surface area contributed by atoms with E-state index in [4.69, 9.17) is 0 Å². The van der Waals surface area contributed by atoms with Crippen LogP contribution in [0.3, 0.4) is 0 Å². The molecular weight excluding hydrogens is 262 g/mol. The standard InChI is InChI=1S/C17H21N3O/c1-2-10-18-17(21)20-13-12-19-11-6-9-15(19)16(20)14-7-4-3-5-8-14/h3-9,11,16H,2,10,12-13H2,1H3,(H,18,21). The molecule has 2 amide bonds. The average Bonchev–Trinajstić information content (AvgIpc) is 3.01. The number of fused-ring (bicyclic) bond motifs is 1. The zero-order valence-electron chi connectivity index (χ0n) is 12.3. The van der Waals surface area contributed by atoms with Gasteiger partial charge in [-0.25, -0.2) is 4.79 Å². The van der Waals surface area contributed by atoms with Crippen molar-refractivity contribution in [1.82, 2.24) is 14.8 Å². The molecule has 0 radical (unpaired) electrons. The fraction of sp³-hybridized carbons (Fsp3) is 0.353. The van der Waals surface area contributed by atoms with Crippen molar-refractivity contribution in [1.29, 1.82) is 0 Å². The second kappa shape index (κ2) is 6.04. The monoisotopic (exact) mass is 283 g/mol. The van der Waals surface area contributed by atoms with Crippen LogP contribution in [0.15, 0.2) is 48.7 Å². The van der Waals surface area contributed by atoms with Crippen LogP contribution < -0.4 is 5.32 Å². The number of hydrogen-bond donors (Lipinski definition) is 1. The first-order valence-electron chi connectivity index (χ1n) is 7.55. The summed E-state index contributed by atoms with van der Waals surface area (Å²) < 4.78 is 2.24. The summed E-state index contributed by atoms with van der Waals surface area (Å²) in [6, 6.07) is 14.4. The molecule has 4 heteroatoms. The maximum absolute atomic E-state index is 12.5. The first-order chi connectivity index (χ1) is 10.3. The van der Waals surface area contributed by atoms with Crippen LogP contribution in [0.4, 0.5) is 4.79 Å². The third kappa shape index (κ3) is 2.66. The van der Waals surface area contributed by atoms with E-state index in [1.807, 2.05) is 23.1 Å². The lowest BCUT2D eigenvalue weighted by Gasteiger charge is -2.37. The Hall–Kier alpha value is -2.23. The van der Waals surface area contributed by atoms with Gasteiger partial charge in [0.15, 0.2) is 0 Å². The number of carbonyl (C=O) groups is 1. The highest BCUT2D eigenvalue weighted by molar-refractivity contribution is 5.75. The van der Waals surface area contributed by atoms with Crippen molar-refractivity contribution in [3.8, 4) is 0 Å². The number of nitrogens with one attached hydrogen (secondary N) is 1. The van der Waals surface area contributed by atoms with E-state index in [1.165, 1.54) is 5.69 Å². The summed E-state index contributed by atoms with van der Waals surface area (Å²) in [4.78, 5) is 14.4. The van der Waals surface area contributed by atoms with Crippen molar-refractivity contribution in [2.75, 3.05) is 13.1 Å². The Labute approximate surface area is 125 Å². The zero-order valence-corrected chi connectivity index (χ0v) is 12.3. The van der Waals surface area contributed by atoms with Crippen molar-refractivity contribution in [3.05, 3.63) is 59.9 Å². The summed E-state index contributed by atoms with van der Waals surface area (Å²) in [5, 5.41) is 3.00. The molecule has 0 spiro atoms. The molecule has 1 atom stereocenters. The molecule has 1 aliphatic heterocycles. The summed E-state index contributed by atoms with van der Waals surface area (Å²) in [7, 11) is 0. The number of urea groups is 1. The number of benzene rings is 1. The maximum Gasteiger partial charge on any atom is 0.318 e. The third-order valence-corrected chi connectivity index (χ3v) is 3.94. The first-order valence-corrected chi connectivity index (χ1v) is 7.55. The van der Waals surface area contributed by atoms with Gasteiger partial charge in [-0.05, 0) is 24.1 Å². The predicted octanol–water partition coefficient (Wildman–Crippen LogP) is 3.01. The van der Waals surface area contributed by atoms with Gasteiger partial charge < -0.3 is 14.8 Å². The minimum absolute atomic E-state index is 0.00759. The van der Waals surface area contributed by atoms with E-state index in [-0.39, 0.29) is 12.1 Å². The molecule has 3 rings (SSSR count). The number of hydrogen-bond acceptors (Lipinski definition) is 1. The molecule has 0 aliphatic carbocycles. The molecule has 1 aromatic heterocycles. The van der Waals surface area contributed by atoms with E-state index in [0.717, 1.165) is 31.6 Å². The normalized spacial score (nSPS) is 17.4. The van der Waals surface area contributed by atoms with E-state index < -0.39 is 0 Å². The second-order valence-electron chi connectivity index (χ2n) is 5.36. The third-order valence-electron chi connectivity index (χ3n) is 3.94. The molecule has 2 aromatic rings. The van der Waals surface area contributed by atoms with Gasteiger partial charge in [-0.2, -0.15) is 0 Å². The Morgan fingerprint density at radius 1 is 1.19 bits per heavy atom. The lowest BCUT2D eigenvalue weighted by molar-refractivity contribution is 0.169. The van der Waals surface area contributed by atoms with Gasteiger partial charge in [0.1, 0.15) is 0 Å². The number of nitrogens with zero attached hydrogens (tertiary/aromatic N) is 2. The van der Waals surface area contributed by atoms with E-state index in [1.54, 1.807) is 0 Å². The zero-order chi connectivity index (χ0) is 14.7. The fourth-order valence-electron chi connectivity index (χ4n) is 2.92. The first kappa shape index (κ1) is 13.7. The molecule has 1 N–H and O–H groups in total. The van der Waals surface area contributed by atoms with Crippen LogP contribution >= 0.6 is 0 Å². The summed E-state index contributed by atoms with van der Waals surface area (Å²) >= 11 is 0. The summed E-state index contributed by atoms with van der Waals surface area (Å²) in [6.07, 6.45) is 3.04. The van der Waals surface area contributed by atoms with Crippen LogP contribution in [0, 0.1) is 0 Å². The minimum atomic E-state index is -0.00759. The van der Waals surface area contributed by atoms with Gasteiger partial charge in [0.25, 0.3) is 0 Å². The van der Waals surface area contributed by atoms with Gasteiger partial charge in [-0.1, -0.05) is 37.3 Å². The van der Waals surface area contributed by atoms with Crippen LogP contribution in [-0.2, 0) is 6.54 Å². The fourth-order valence-corrected chi connectivity index (χ4v) is 2.92. The predicted molar refractivity (Wildman–Crippen MR) is 83.1 cm³/mol. The molecular formula is C17H21N3O. The Balaban J connectivity index is 1.95. The smallest absolute Gasteiger partial charge is 0.318 e. The highest BCUT2D eigenvalue weighted by atomic mass is 16.2. The second-order valence-corrected chi connectivity index (χ2v) is 5.36. The Morgan fingerprint density at radius 3 is 2.76 bits per heavy atom. The van der Waals surface area contributed by atoms with Gasteiger partial charge in [-0.15, -0.1) is 0 Å². The van der Waals surface area contributed by atoms with Gasteiger partial charge in [0.05, 0.1) is 6.04 Å².